The van der Waals surface area contributed by atoms with Crippen LogP contribution in [0.2, 0.25) is 0 Å². The highest BCUT2D eigenvalue weighted by atomic mass is 32.1. The maximum atomic E-state index is 12.7. The number of aliphatic hydroxyl groups is 1. The van der Waals surface area contributed by atoms with E-state index < -0.39 is 65.8 Å². The number of aliphatic hydroxyl groups excluding tert-OH is 1. The minimum Gasteiger partial charge on any atom is -0.480 e. The van der Waals surface area contributed by atoms with Crippen molar-refractivity contribution in [1.29, 1.82) is 0 Å². The molecule has 0 rings (SSSR count). The fourth-order valence-electron chi connectivity index (χ4n) is 2.32. The van der Waals surface area contributed by atoms with Gasteiger partial charge < -0.3 is 37.6 Å². The first-order valence-electron chi connectivity index (χ1n) is 9.28. The van der Waals surface area contributed by atoms with Gasteiger partial charge in [-0.3, -0.25) is 19.2 Å². The van der Waals surface area contributed by atoms with Crippen molar-refractivity contribution in [1.82, 2.24) is 16.0 Å². The molecule has 0 aromatic heterocycles. The van der Waals surface area contributed by atoms with Crippen molar-refractivity contribution in [3.63, 3.8) is 0 Å². The number of primary amides is 1. The molecule has 172 valence electrons. The number of carboxylic acids is 1. The van der Waals surface area contributed by atoms with E-state index in [9.17, 15) is 29.1 Å². The average molecular weight is 450 g/mol. The molecule has 5 atom stereocenters. The van der Waals surface area contributed by atoms with E-state index in [0.717, 1.165) is 0 Å². The van der Waals surface area contributed by atoms with Crippen molar-refractivity contribution in [3.8, 4) is 0 Å². The number of thiol groups is 1. The Hall–Kier alpha value is -2.38. The molecule has 13 heteroatoms. The first-order chi connectivity index (χ1) is 13.8. The van der Waals surface area contributed by atoms with Crippen LogP contribution in [-0.4, -0.2) is 75.8 Å². The molecule has 4 amide bonds. The summed E-state index contributed by atoms with van der Waals surface area (Å²) in [5.41, 5.74) is 10.7. The quantitative estimate of drug-likeness (QED) is 0.136. The second-order valence-corrected chi connectivity index (χ2v) is 7.52. The molecular formula is C17H31N5O7S. The summed E-state index contributed by atoms with van der Waals surface area (Å²) in [5.74, 6) is -4.96. The van der Waals surface area contributed by atoms with Crippen LogP contribution in [0, 0.1) is 5.92 Å². The van der Waals surface area contributed by atoms with E-state index in [1.54, 1.807) is 13.8 Å². The van der Waals surface area contributed by atoms with Gasteiger partial charge in [0.2, 0.25) is 23.6 Å². The lowest BCUT2D eigenvalue weighted by molar-refractivity contribution is -0.142. The van der Waals surface area contributed by atoms with Crippen molar-refractivity contribution in [2.75, 3.05) is 5.75 Å². The van der Waals surface area contributed by atoms with Crippen LogP contribution in [0.5, 0.6) is 0 Å². The van der Waals surface area contributed by atoms with E-state index in [-0.39, 0.29) is 18.6 Å². The van der Waals surface area contributed by atoms with Crippen LogP contribution in [0.15, 0.2) is 0 Å². The highest BCUT2D eigenvalue weighted by Gasteiger charge is 2.33. The Morgan fingerprint density at radius 1 is 0.933 bits per heavy atom. The fraction of sp³-hybridized carbons (Fsp3) is 0.706. The van der Waals surface area contributed by atoms with Crippen LogP contribution in [0.1, 0.15) is 33.6 Å². The molecule has 0 radical (unpaired) electrons. The van der Waals surface area contributed by atoms with Gasteiger partial charge in [-0.1, -0.05) is 13.8 Å². The van der Waals surface area contributed by atoms with Gasteiger partial charge in [0.05, 0.1) is 12.1 Å². The molecule has 5 unspecified atom stereocenters. The van der Waals surface area contributed by atoms with Crippen molar-refractivity contribution in [2.24, 2.45) is 17.4 Å². The Bertz CT molecular complexity index is 644. The maximum Gasteiger partial charge on any atom is 0.327 e. The second kappa shape index (κ2) is 13.0. The van der Waals surface area contributed by atoms with Gasteiger partial charge in [0, 0.05) is 12.2 Å². The van der Waals surface area contributed by atoms with Gasteiger partial charge in [0.1, 0.15) is 18.1 Å². The van der Waals surface area contributed by atoms with Crippen LogP contribution in [-0.2, 0) is 24.0 Å². The minimum absolute atomic E-state index is 0.00733. The van der Waals surface area contributed by atoms with E-state index in [1.165, 1.54) is 6.92 Å². The summed E-state index contributed by atoms with van der Waals surface area (Å²) in [6.45, 7) is 4.51. The smallest absolute Gasteiger partial charge is 0.327 e. The molecule has 0 aliphatic carbocycles. The van der Waals surface area contributed by atoms with Crippen LogP contribution in [0.4, 0.5) is 0 Å². The predicted octanol–water partition coefficient (Wildman–Crippen LogP) is -2.92. The molecule has 0 aromatic rings. The van der Waals surface area contributed by atoms with E-state index in [1.807, 2.05) is 0 Å². The number of carbonyl (C=O) groups is 5. The average Bonchev–Trinajstić information content (AvgIpc) is 2.64. The third kappa shape index (κ3) is 9.41. The van der Waals surface area contributed by atoms with Gasteiger partial charge in [-0.25, -0.2) is 4.79 Å². The number of amides is 4. The molecule has 0 saturated carbocycles. The van der Waals surface area contributed by atoms with Gasteiger partial charge >= 0.3 is 5.97 Å². The molecule has 0 bridgehead atoms. The zero-order chi connectivity index (χ0) is 23.6. The Labute approximate surface area is 179 Å². The topological polar surface area (TPSA) is 214 Å². The summed E-state index contributed by atoms with van der Waals surface area (Å²) >= 11 is 3.83. The Kier molecular flexibility index (Phi) is 12.0. The van der Waals surface area contributed by atoms with Crippen LogP contribution >= 0.6 is 12.6 Å². The number of hydrogen-bond acceptors (Lipinski definition) is 8. The number of nitrogens with one attached hydrogen (secondary N) is 3. The molecule has 30 heavy (non-hydrogen) atoms. The molecule has 0 aromatic carbocycles. The summed E-state index contributed by atoms with van der Waals surface area (Å²) in [5, 5.41) is 25.8. The van der Waals surface area contributed by atoms with Crippen LogP contribution < -0.4 is 27.4 Å². The SMILES string of the molecule is CC(C)C(NC(=O)C(N)CCC(N)=O)C(=O)NC(C(=O)NC(CS)C(=O)O)C(C)O. The Morgan fingerprint density at radius 2 is 1.43 bits per heavy atom. The van der Waals surface area contributed by atoms with Crippen LogP contribution in [0.25, 0.3) is 0 Å². The van der Waals surface area contributed by atoms with E-state index in [2.05, 4.69) is 28.6 Å². The molecule has 12 nitrogen and oxygen atoms in total. The number of carbonyl (C=O) groups excluding carboxylic acids is 4. The normalized spacial score (nSPS) is 16.0. The van der Waals surface area contributed by atoms with Gasteiger partial charge in [-0.05, 0) is 19.3 Å². The van der Waals surface area contributed by atoms with Gasteiger partial charge in [-0.2, -0.15) is 12.6 Å². The molecule has 0 heterocycles. The molecule has 0 aliphatic heterocycles. The van der Waals surface area contributed by atoms with Crippen molar-refractivity contribution < 1.29 is 34.2 Å². The van der Waals surface area contributed by atoms with Gasteiger partial charge in [0.15, 0.2) is 0 Å². The Balaban J connectivity index is 5.23. The predicted molar refractivity (Wildman–Crippen MR) is 110 cm³/mol. The van der Waals surface area contributed by atoms with Crippen molar-refractivity contribution in [3.05, 3.63) is 0 Å². The highest BCUT2D eigenvalue weighted by molar-refractivity contribution is 7.80. The molecular weight excluding hydrogens is 418 g/mol. The van der Waals surface area contributed by atoms with Gasteiger partial charge in [-0.15, -0.1) is 0 Å². The lowest BCUT2D eigenvalue weighted by Crippen LogP contribution is -2.61. The highest BCUT2D eigenvalue weighted by Crippen LogP contribution is 2.06. The van der Waals surface area contributed by atoms with Gasteiger partial charge in [0.25, 0.3) is 0 Å². The molecule has 9 N–H and O–H groups in total. The first-order valence-corrected chi connectivity index (χ1v) is 9.91. The van der Waals surface area contributed by atoms with Crippen molar-refractivity contribution >= 4 is 42.2 Å². The third-order valence-corrected chi connectivity index (χ3v) is 4.51. The second-order valence-electron chi connectivity index (χ2n) is 7.15. The lowest BCUT2D eigenvalue weighted by Gasteiger charge is -2.27. The summed E-state index contributed by atoms with van der Waals surface area (Å²) in [6.07, 6.45) is -1.47. The molecule has 0 aliphatic rings. The monoisotopic (exact) mass is 449 g/mol. The standard InChI is InChI=1S/C17H31N5O7S/c1-7(2)12(21-14(25)9(18)4-5-11(19)24)15(26)22-13(8(3)23)16(27)20-10(6-30)17(28)29/h7-10,12-13,23,30H,4-6,18H2,1-3H3,(H2,19,24)(H,20,27)(H,21,25)(H,22,26)(H,28,29). The zero-order valence-electron chi connectivity index (χ0n) is 17.1. The molecule has 0 spiro atoms. The summed E-state index contributed by atoms with van der Waals surface area (Å²) in [4.78, 5) is 59.1. The third-order valence-electron chi connectivity index (χ3n) is 4.15. The zero-order valence-corrected chi connectivity index (χ0v) is 18.0. The number of carboxylic acid groups (broad SMARTS) is 1. The largest absolute Gasteiger partial charge is 0.480 e. The van der Waals surface area contributed by atoms with E-state index >= 15 is 0 Å². The van der Waals surface area contributed by atoms with E-state index in [4.69, 9.17) is 16.6 Å². The summed E-state index contributed by atoms with van der Waals surface area (Å²) in [6, 6.07) is -4.97. The summed E-state index contributed by atoms with van der Waals surface area (Å²) in [7, 11) is 0. The fourth-order valence-corrected chi connectivity index (χ4v) is 2.57. The number of hydrogen-bond donors (Lipinski definition) is 8. The lowest BCUT2D eigenvalue weighted by atomic mass is 10.0. The Morgan fingerprint density at radius 3 is 1.83 bits per heavy atom. The number of rotatable bonds is 13. The van der Waals surface area contributed by atoms with E-state index in [0.29, 0.717) is 0 Å². The first kappa shape index (κ1) is 27.6. The number of aliphatic carboxylic acids is 1. The van der Waals surface area contributed by atoms with Crippen LogP contribution in [0.3, 0.4) is 0 Å². The number of nitrogens with two attached hydrogens (primary N) is 2. The molecule has 0 fully saturated rings. The van der Waals surface area contributed by atoms with Crippen molar-refractivity contribution in [2.45, 2.75) is 63.9 Å². The minimum atomic E-state index is -1.47. The molecule has 0 saturated heterocycles. The maximum absolute atomic E-state index is 12.7. The summed E-state index contributed by atoms with van der Waals surface area (Å²) < 4.78 is 0.